The summed E-state index contributed by atoms with van der Waals surface area (Å²) in [7, 11) is 0. The van der Waals surface area contributed by atoms with Crippen LogP contribution in [0.1, 0.15) is 19.4 Å². The van der Waals surface area contributed by atoms with Crippen molar-refractivity contribution in [1.29, 1.82) is 0 Å². The predicted molar refractivity (Wildman–Crippen MR) is 76.3 cm³/mol. The van der Waals surface area contributed by atoms with E-state index in [4.69, 9.17) is 5.11 Å². The van der Waals surface area contributed by atoms with Crippen molar-refractivity contribution in [2.45, 2.75) is 26.3 Å². The number of hydrogen-bond donors (Lipinski definition) is 1. The molecule has 0 unspecified atom stereocenters. The molecule has 1 aliphatic rings. The first-order valence-corrected chi connectivity index (χ1v) is 6.86. The van der Waals surface area contributed by atoms with Crippen LogP contribution in [0.15, 0.2) is 24.3 Å². The molecule has 0 saturated carbocycles. The van der Waals surface area contributed by atoms with Gasteiger partial charge in [0, 0.05) is 24.8 Å². The Morgan fingerprint density at radius 3 is 2.84 bits per heavy atom. The molecule has 4 nitrogen and oxygen atoms in total. The Bertz CT molecular complexity index is 446. The summed E-state index contributed by atoms with van der Waals surface area (Å²) in [6, 6.07) is 8.33. The van der Waals surface area contributed by atoms with Gasteiger partial charge in [-0.05, 0) is 31.9 Å². The minimum atomic E-state index is 0.0854. The van der Waals surface area contributed by atoms with Gasteiger partial charge in [-0.1, -0.05) is 18.2 Å². The van der Waals surface area contributed by atoms with Gasteiger partial charge in [0.25, 0.3) is 0 Å². The van der Waals surface area contributed by atoms with Crippen LogP contribution in [0, 0.1) is 0 Å². The van der Waals surface area contributed by atoms with E-state index >= 15 is 0 Å². The van der Waals surface area contributed by atoms with E-state index in [0.29, 0.717) is 13.1 Å². The molecule has 1 aliphatic heterocycles. The topological polar surface area (TPSA) is 43.8 Å². The molecule has 2 rings (SSSR count). The number of benzene rings is 1. The van der Waals surface area contributed by atoms with Gasteiger partial charge in [-0.2, -0.15) is 0 Å². The van der Waals surface area contributed by atoms with E-state index < -0.39 is 0 Å². The summed E-state index contributed by atoms with van der Waals surface area (Å²) in [6.07, 6.45) is 0.934. The lowest BCUT2D eigenvalue weighted by molar-refractivity contribution is -0.120. The maximum atomic E-state index is 12.4. The Morgan fingerprint density at radius 2 is 2.16 bits per heavy atom. The average molecular weight is 262 g/mol. The van der Waals surface area contributed by atoms with Gasteiger partial charge >= 0.3 is 0 Å². The summed E-state index contributed by atoms with van der Waals surface area (Å²) in [5, 5.41) is 9.05. The minimum Gasteiger partial charge on any atom is -0.395 e. The second-order valence-electron chi connectivity index (χ2n) is 5.21. The molecule has 0 bridgehead atoms. The number of fused-ring (bicyclic) bond motifs is 1. The number of aliphatic hydroxyl groups excluding tert-OH is 1. The first-order valence-electron chi connectivity index (χ1n) is 6.86. The van der Waals surface area contributed by atoms with Gasteiger partial charge in [-0.25, -0.2) is 0 Å². The van der Waals surface area contributed by atoms with Crippen molar-refractivity contribution in [1.82, 2.24) is 4.90 Å². The van der Waals surface area contributed by atoms with E-state index in [1.807, 2.05) is 41.8 Å². The fourth-order valence-electron chi connectivity index (χ4n) is 2.50. The number of hydrogen-bond acceptors (Lipinski definition) is 3. The normalized spacial score (nSPS) is 14.3. The fourth-order valence-corrected chi connectivity index (χ4v) is 2.50. The quantitative estimate of drug-likeness (QED) is 0.869. The van der Waals surface area contributed by atoms with Crippen molar-refractivity contribution >= 4 is 11.6 Å². The minimum absolute atomic E-state index is 0.0854. The van der Waals surface area contributed by atoms with Crippen LogP contribution < -0.4 is 4.90 Å². The van der Waals surface area contributed by atoms with E-state index in [2.05, 4.69) is 6.07 Å². The summed E-state index contributed by atoms with van der Waals surface area (Å²) in [4.78, 5) is 16.3. The number of carbonyl (C=O) groups excluding carboxylic acids is 1. The zero-order valence-electron chi connectivity index (χ0n) is 11.7. The Hall–Kier alpha value is -1.39. The van der Waals surface area contributed by atoms with E-state index in [-0.39, 0.29) is 18.6 Å². The third-order valence-electron chi connectivity index (χ3n) is 3.64. The van der Waals surface area contributed by atoms with Gasteiger partial charge in [-0.15, -0.1) is 0 Å². The summed E-state index contributed by atoms with van der Waals surface area (Å²) >= 11 is 0. The Labute approximate surface area is 114 Å². The van der Waals surface area contributed by atoms with Crippen LogP contribution in [0.2, 0.25) is 0 Å². The van der Waals surface area contributed by atoms with Crippen LogP contribution >= 0.6 is 0 Å². The molecular weight excluding hydrogens is 240 g/mol. The van der Waals surface area contributed by atoms with Crippen molar-refractivity contribution in [3.8, 4) is 0 Å². The summed E-state index contributed by atoms with van der Waals surface area (Å²) < 4.78 is 0. The highest BCUT2D eigenvalue weighted by molar-refractivity contribution is 5.96. The smallest absolute Gasteiger partial charge is 0.241 e. The van der Waals surface area contributed by atoms with Crippen molar-refractivity contribution < 1.29 is 9.90 Å². The molecule has 0 saturated heterocycles. The molecule has 1 aromatic rings. The Kier molecular flexibility index (Phi) is 4.56. The maximum absolute atomic E-state index is 12.4. The fraction of sp³-hybridized carbons (Fsp3) is 0.533. The lowest BCUT2D eigenvalue weighted by Crippen LogP contribution is -2.43. The second-order valence-corrected chi connectivity index (χ2v) is 5.21. The lowest BCUT2D eigenvalue weighted by atomic mass is 10.2. The molecule has 0 radical (unpaired) electrons. The first-order chi connectivity index (χ1) is 9.13. The van der Waals surface area contributed by atoms with Gasteiger partial charge < -0.3 is 10.0 Å². The van der Waals surface area contributed by atoms with Crippen molar-refractivity contribution in [2.24, 2.45) is 0 Å². The Balaban J connectivity index is 2.05. The highest BCUT2D eigenvalue weighted by Gasteiger charge is 2.25. The largest absolute Gasteiger partial charge is 0.395 e. The van der Waals surface area contributed by atoms with E-state index in [1.165, 1.54) is 5.56 Å². The van der Waals surface area contributed by atoms with Crippen molar-refractivity contribution in [2.75, 3.05) is 31.1 Å². The van der Waals surface area contributed by atoms with Crippen molar-refractivity contribution in [3.05, 3.63) is 29.8 Å². The maximum Gasteiger partial charge on any atom is 0.241 e. The molecule has 1 N–H and O–H groups in total. The highest BCUT2D eigenvalue weighted by atomic mass is 16.3. The van der Waals surface area contributed by atoms with Crippen LogP contribution in [-0.2, 0) is 11.2 Å². The number of amides is 1. The average Bonchev–Trinajstić information content (AvgIpc) is 2.81. The van der Waals surface area contributed by atoms with Crippen molar-refractivity contribution in [3.63, 3.8) is 0 Å². The monoisotopic (exact) mass is 262 g/mol. The number of anilines is 1. The molecule has 0 fully saturated rings. The zero-order chi connectivity index (χ0) is 13.8. The third-order valence-corrected chi connectivity index (χ3v) is 3.64. The van der Waals surface area contributed by atoms with Gasteiger partial charge in [0.05, 0.1) is 13.2 Å². The highest BCUT2D eigenvalue weighted by Crippen LogP contribution is 2.27. The Morgan fingerprint density at radius 1 is 1.42 bits per heavy atom. The molecule has 19 heavy (non-hydrogen) atoms. The third kappa shape index (κ3) is 3.14. The molecule has 0 aliphatic carbocycles. The van der Waals surface area contributed by atoms with E-state index in [9.17, 15) is 4.79 Å². The number of para-hydroxylation sites is 1. The van der Waals surface area contributed by atoms with Crippen LogP contribution in [0.25, 0.3) is 0 Å². The van der Waals surface area contributed by atoms with Gasteiger partial charge in [-0.3, -0.25) is 9.69 Å². The molecule has 1 aromatic carbocycles. The van der Waals surface area contributed by atoms with Gasteiger partial charge in [0.2, 0.25) is 5.91 Å². The zero-order valence-corrected chi connectivity index (χ0v) is 11.7. The molecule has 1 amide bonds. The molecule has 1 heterocycles. The van der Waals surface area contributed by atoms with Gasteiger partial charge in [0.15, 0.2) is 0 Å². The summed E-state index contributed by atoms with van der Waals surface area (Å²) in [5.41, 5.74) is 2.29. The van der Waals surface area contributed by atoms with Crippen LogP contribution in [0.5, 0.6) is 0 Å². The molecule has 0 atom stereocenters. The molecule has 0 aromatic heterocycles. The number of nitrogens with zero attached hydrogens (tertiary/aromatic N) is 2. The van der Waals surface area contributed by atoms with E-state index in [0.717, 1.165) is 18.7 Å². The predicted octanol–water partition coefficient (Wildman–Crippen LogP) is 1.28. The molecule has 0 spiro atoms. The number of rotatable bonds is 5. The first kappa shape index (κ1) is 14.0. The molecule has 104 valence electrons. The molecule has 4 heteroatoms. The number of aliphatic hydroxyl groups is 1. The van der Waals surface area contributed by atoms with Gasteiger partial charge in [0.1, 0.15) is 0 Å². The summed E-state index contributed by atoms with van der Waals surface area (Å²) in [6.45, 7) is 5.85. The van der Waals surface area contributed by atoms with Crippen LogP contribution in [0.4, 0.5) is 5.69 Å². The lowest BCUT2D eigenvalue weighted by Gasteiger charge is -2.27. The molecular formula is C15H22N2O2. The second kappa shape index (κ2) is 6.17. The SMILES string of the molecule is CC(C)N(CCO)CC(=O)N1CCc2ccccc21. The van der Waals surface area contributed by atoms with E-state index in [1.54, 1.807) is 0 Å². The van der Waals surface area contributed by atoms with Crippen LogP contribution in [-0.4, -0.2) is 48.2 Å². The van der Waals surface area contributed by atoms with Crippen LogP contribution in [0.3, 0.4) is 0 Å². The standard InChI is InChI=1S/C15H22N2O2/c1-12(2)16(9-10-18)11-15(19)17-8-7-13-5-3-4-6-14(13)17/h3-6,12,18H,7-11H2,1-2H3. The summed E-state index contributed by atoms with van der Waals surface area (Å²) in [5.74, 6) is 0.118. The number of carbonyl (C=O) groups is 1.